The number of carboxylic acid groups (broad SMARTS) is 1. The van der Waals surface area contributed by atoms with Crippen LogP contribution in [0.3, 0.4) is 0 Å². The molecule has 0 aliphatic carbocycles. The summed E-state index contributed by atoms with van der Waals surface area (Å²) in [6, 6.07) is -0.786. The predicted molar refractivity (Wildman–Crippen MR) is 73.1 cm³/mol. The zero-order chi connectivity index (χ0) is 15.4. The number of amides is 2. The van der Waals surface area contributed by atoms with Gasteiger partial charge < -0.3 is 15.3 Å². The number of hydrogen-bond acceptors (Lipinski definition) is 4. The van der Waals surface area contributed by atoms with E-state index in [1.807, 2.05) is 27.7 Å². The van der Waals surface area contributed by atoms with Gasteiger partial charge in [0.05, 0.1) is 13.1 Å². The Morgan fingerprint density at radius 1 is 1.35 bits per heavy atom. The molecule has 0 aromatic heterocycles. The number of nitrogens with one attached hydrogen (secondary N) is 1. The highest BCUT2D eigenvalue weighted by molar-refractivity contribution is 5.85. The highest BCUT2D eigenvalue weighted by Crippen LogP contribution is 2.10. The van der Waals surface area contributed by atoms with E-state index in [0.717, 1.165) is 0 Å². The summed E-state index contributed by atoms with van der Waals surface area (Å²) in [5.41, 5.74) is 0. The van der Waals surface area contributed by atoms with E-state index < -0.39 is 12.0 Å². The Bertz CT molecular complexity index is 387. The molecule has 1 fully saturated rings. The van der Waals surface area contributed by atoms with Crippen molar-refractivity contribution in [1.29, 1.82) is 0 Å². The summed E-state index contributed by atoms with van der Waals surface area (Å²) < 4.78 is 0. The average molecular weight is 285 g/mol. The SMILES string of the molecule is CC(C)N(C(=O)CN1CC(=O)NCC1C(=O)O)C(C)C. The maximum absolute atomic E-state index is 12.3. The van der Waals surface area contributed by atoms with Gasteiger partial charge in [-0.3, -0.25) is 19.3 Å². The van der Waals surface area contributed by atoms with Gasteiger partial charge in [0, 0.05) is 18.6 Å². The molecule has 0 aromatic rings. The average Bonchev–Trinajstić information content (AvgIpc) is 2.26. The van der Waals surface area contributed by atoms with Gasteiger partial charge in [0.15, 0.2) is 0 Å². The first-order chi connectivity index (χ1) is 9.23. The fraction of sp³-hybridized carbons (Fsp3) is 0.769. The molecule has 7 heteroatoms. The molecule has 0 bridgehead atoms. The van der Waals surface area contributed by atoms with Gasteiger partial charge in [0.2, 0.25) is 11.8 Å². The highest BCUT2D eigenvalue weighted by atomic mass is 16.4. The quantitative estimate of drug-likeness (QED) is 0.712. The minimum Gasteiger partial charge on any atom is -0.480 e. The molecule has 0 aromatic carbocycles. The zero-order valence-corrected chi connectivity index (χ0v) is 12.4. The fourth-order valence-corrected chi connectivity index (χ4v) is 2.53. The number of aliphatic carboxylic acids is 1. The Morgan fingerprint density at radius 2 is 1.90 bits per heavy atom. The molecule has 1 unspecified atom stereocenters. The molecule has 1 rings (SSSR count). The third-order valence-electron chi connectivity index (χ3n) is 3.30. The molecule has 20 heavy (non-hydrogen) atoms. The molecule has 114 valence electrons. The Hall–Kier alpha value is -1.63. The number of piperazine rings is 1. The zero-order valence-electron chi connectivity index (χ0n) is 12.4. The lowest BCUT2D eigenvalue weighted by atomic mass is 10.1. The minimum absolute atomic E-state index is 0.0318. The largest absolute Gasteiger partial charge is 0.480 e. The van der Waals surface area contributed by atoms with Gasteiger partial charge in [0.1, 0.15) is 6.04 Å². The Kier molecular flexibility index (Phi) is 5.50. The smallest absolute Gasteiger partial charge is 0.322 e. The van der Waals surface area contributed by atoms with Crippen molar-refractivity contribution >= 4 is 17.8 Å². The molecule has 0 spiro atoms. The van der Waals surface area contributed by atoms with E-state index in [2.05, 4.69) is 5.32 Å². The molecule has 1 heterocycles. The molecule has 2 amide bonds. The van der Waals surface area contributed by atoms with E-state index in [9.17, 15) is 14.4 Å². The van der Waals surface area contributed by atoms with Gasteiger partial charge in [0.25, 0.3) is 0 Å². The van der Waals surface area contributed by atoms with Gasteiger partial charge in [-0.15, -0.1) is 0 Å². The van der Waals surface area contributed by atoms with Crippen molar-refractivity contribution in [3.05, 3.63) is 0 Å². The molecule has 2 N–H and O–H groups in total. The second-order valence-electron chi connectivity index (χ2n) is 5.55. The first-order valence-electron chi connectivity index (χ1n) is 6.78. The van der Waals surface area contributed by atoms with Crippen molar-refractivity contribution < 1.29 is 19.5 Å². The van der Waals surface area contributed by atoms with Crippen LogP contribution in [-0.4, -0.2) is 70.4 Å². The maximum Gasteiger partial charge on any atom is 0.322 e. The lowest BCUT2D eigenvalue weighted by molar-refractivity contribution is -0.148. The Morgan fingerprint density at radius 3 is 2.35 bits per heavy atom. The molecule has 7 nitrogen and oxygen atoms in total. The number of carbonyl (C=O) groups is 3. The van der Waals surface area contributed by atoms with Crippen LogP contribution in [0, 0.1) is 0 Å². The van der Waals surface area contributed by atoms with Crippen LogP contribution in [0.4, 0.5) is 0 Å². The standard InChI is InChI=1S/C13H23N3O4/c1-8(2)16(9(3)4)12(18)7-15-6-11(17)14-5-10(15)13(19)20/h8-10H,5-7H2,1-4H3,(H,14,17)(H,19,20). The van der Waals surface area contributed by atoms with Crippen molar-refractivity contribution in [2.75, 3.05) is 19.6 Å². The van der Waals surface area contributed by atoms with E-state index in [1.165, 1.54) is 4.90 Å². The van der Waals surface area contributed by atoms with Crippen molar-refractivity contribution in [1.82, 2.24) is 15.1 Å². The summed E-state index contributed by atoms with van der Waals surface area (Å²) in [5.74, 6) is -1.44. The summed E-state index contributed by atoms with van der Waals surface area (Å²) in [4.78, 5) is 38.0. The van der Waals surface area contributed by atoms with E-state index in [0.29, 0.717) is 0 Å². The third-order valence-corrected chi connectivity index (χ3v) is 3.30. The monoisotopic (exact) mass is 285 g/mol. The Labute approximate surface area is 118 Å². The predicted octanol–water partition coefficient (Wildman–Crippen LogP) is -0.483. The topological polar surface area (TPSA) is 90.0 Å². The van der Waals surface area contributed by atoms with Crippen LogP contribution in [0.5, 0.6) is 0 Å². The summed E-state index contributed by atoms with van der Waals surface area (Å²) in [6.45, 7) is 7.56. The molecule has 0 saturated carbocycles. The van der Waals surface area contributed by atoms with E-state index in [-0.39, 0.29) is 43.5 Å². The molecule has 1 atom stereocenters. The minimum atomic E-state index is -1.03. The molecular formula is C13H23N3O4. The lowest BCUT2D eigenvalue weighted by Crippen LogP contribution is -2.60. The van der Waals surface area contributed by atoms with Crippen LogP contribution in [0.15, 0.2) is 0 Å². The number of hydrogen-bond donors (Lipinski definition) is 2. The third kappa shape index (κ3) is 3.93. The molecular weight excluding hydrogens is 262 g/mol. The fourth-order valence-electron chi connectivity index (χ4n) is 2.53. The van der Waals surface area contributed by atoms with E-state index in [1.54, 1.807) is 4.90 Å². The summed E-state index contributed by atoms with van der Waals surface area (Å²) >= 11 is 0. The van der Waals surface area contributed by atoms with Gasteiger partial charge >= 0.3 is 5.97 Å². The van der Waals surface area contributed by atoms with E-state index >= 15 is 0 Å². The van der Waals surface area contributed by atoms with Gasteiger partial charge in [-0.05, 0) is 27.7 Å². The van der Waals surface area contributed by atoms with E-state index in [4.69, 9.17) is 5.11 Å². The Balaban J connectivity index is 2.79. The molecule has 1 aliphatic rings. The maximum atomic E-state index is 12.3. The number of nitrogens with zero attached hydrogens (tertiary/aromatic N) is 2. The van der Waals surface area contributed by atoms with Crippen molar-refractivity contribution in [3.63, 3.8) is 0 Å². The molecule has 1 saturated heterocycles. The molecule has 0 radical (unpaired) electrons. The first kappa shape index (κ1) is 16.4. The second-order valence-corrected chi connectivity index (χ2v) is 5.55. The van der Waals surface area contributed by atoms with Crippen molar-refractivity contribution in [3.8, 4) is 0 Å². The first-order valence-corrected chi connectivity index (χ1v) is 6.78. The normalized spacial score (nSPS) is 20.1. The van der Waals surface area contributed by atoms with Crippen LogP contribution in [0.1, 0.15) is 27.7 Å². The number of carboxylic acids is 1. The van der Waals surface area contributed by atoms with Crippen molar-refractivity contribution in [2.45, 2.75) is 45.8 Å². The highest BCUT2D eigenvalue weighted by Gasteiger charge is 2.34. The van der Waals surface area contributed by atoms with Crippen LogP contribution >= 0.6 is 0 Å². The van der Waals surface area contributed by atoms with Crippen LogP contribution in [0.25, 0.3) is 0 Å². The lowest BCUT2D eigenvalue weighted by Gasteiger charge is -2.36. The second kappa shape index (κ2) is 6.69. The number of carbonyl (C=O) groups excluding carboxylic acids is 2. The van der Waals surface area contributed by atoms with Gasteiger partial charge in [-0.25, -0.2) is 0 Å². The summed E-state index contributed by atoms with van der Waals surface area (Å²) in [7, 11) is 0. The summed E-state index contributed by atoms with van der Waals surface area (Å²) in [6.07, 6.45) is 0. The van der Waals surface area contributed by atoms with Crippen molar-refractivity contribution in [2.24, 2.45) is 0 Å². The van der Waals surface area contributed by atoms with Gasteiger partial charge in [-0.2, -0.15) is 0 Å². The van der Waals surface area contributed by atoms with Crippen LogP contribution in [0.2, 0.25) is 0 Å². The van der Waals surface area contributed by atoms with Crippen LogP contribution < -0.4 is 5.32 Å². The summed E-state index contributed by atoms with van der Waals surface area (Å²) in [5, 5.41) is 11.7. The number of rotatable bonds is 5. The van der Waals surface area contributed by atoms with Crippen LogP contribution in [-0.2, 0) is 14.4 Å². The molecule has 1 aliphatic heterocycles. The van der Waals surface area contributed by atoms with Gasteiger partial charge in [-0.1, -0.05) is 0 Å².